The van der Waals surface area contributed by atoms with Crippen LogP contribution >= 0.6 is 0 Å². The Morgan fingerprint density at radius 1 is 1.67 bits per heavy atom. The summed E-state index contributed by atoms with van der Waals surface area (Å²) in [5.41, 5.74) is 0.311. The predicted octanol–water partition coefficient (Wildman–Crippen LogP) is 0.104. The Labute approximate surface area is 87.4 Å². The molecule has 0 aromatic carbocycles. The monoisotopic (exact) mass is 210 g/mol. The van der Waals surface area contributed by atoms with Gasteiger partial charge in [0.15, 0.2) is 5.69 Å². The Morgan fingerprint density at radius 3 is 3.27 bits per heavy atom. The van der Waals surface area contributed by atoms with E-state index in [0.717, 1.165) is 19.4 Å². The van der Waals surface area contributed by atoms with Crippen molar-refractivity contribution >= 4 is 5.91 Å². The van der Waals surface area contributed by atoms with E-state index in [4.69, 9.17) is 4.74 Å². The van der Waals surface area contributed by atoms with Crippen molar-refractivity contribution in [3.05, 3.63) is 11.9 Å². The Morgan fingerprint density at radius 2 is 2.60 bits per heavy atom. The Kier molecular flexibility index (Phi) is 3.29. The van der Waals surface area contributed by atoms with Crippen molar-refractivity contribution < 1.29 is 9.53 Å². The summed E-state index contributed by atoms with van der Waals surface area (Å²) in [5.74, 6) is -0.210. The molecule has 15 heavy (non-hydrogen) atoms. The minimum Gasteiger partial charge on any atom is -0.376 e. The first-order chi connectivity index (χ1) is 7.36. The van der Waals surface area contributed by atoms with Gasteiger partial charge in [-0.25, -0.2) is 0 Å². The van der Waals surface area contributed by atoms with Crippen LogP contribution in [-0.2, 0) is 4.74 Å². The van der Waals surface area contributed by atoms with Gasteiger partial charge in [-0.3, -0.25) is 4.79 Å². The number of aromatic nitrogens is 3. The molecule has 0 aliphatic carbocycles. The third-order valence-corrected chi connectivity index (χ3v) is 2.41. The van der Waals surface area contributed by atoms with E-state index in [1.807, 2.05) is 0 Å². The molecule has 1 amide bonds. The summed E-state index contributed by atoms with van der Waals surface area (Å²) in [6.45, 7) is 1.34. The van der Waals surface area contributed by atoms with E-state index >= 15 is 0 Å². The van der Waals surface area contributed by atoms with Gasteiger partial charge >= 0.3 is 0 Å². The first-order valence-corrected chi connectivity index (χ1v) is 5.12. The molecule has 1 atom stereocenters. The topological polar surface area (TPSA) is 79.9 Å². The summed E-state index contributed by atoms with van der Waals surface area (Å²) in [7, 11) is 0. The summed E-state index contributed by atoms with van der Waals surface area (Å²) in [5, 5.41) is 12.4. The molecule has 1 aliphatic rings. The van der Waals surface area contributed by atoms with Crippen molar-refractivity contribution in [1.82, 2.24) is 20.7 Å². The number of carbonyl (C=O) groups is 1. The molecule has 1 aromatic heterocycles. The minimum absolute atomic E-state index is 0.148. The fraction of sp³-hybridized carbons (Fsp3) is 0.667. The number of amides is 1. The standard InChI is InChI=1S/C9H14N4O2/c14-9(8-6-11-13-12-8)10-5-7-3-1-2-4-15-7/h6-7H,1-5H2,(H,10,14)(H,11,12,13). The Bertz CT molecular complexity index is 306. The SMILES string of the molecule is O=C(NCC1CCCCO1)c1cn[nH]n1. The molecule has 0 spiro atoms. The lowest BCUT2D eigenvalue weighted by molar-refractivity contribution is 0.0168. The lowest BCUT2D eigenvalue weighted by Gasteiger charge is -2.22. The first kappa shape index (κ1) is 10.1. The molecule has 1 aliphatic heterocycles. The van der Waals surface area contributed by atoms with Gasteiger partial charge in [-0.2, -0.15) is 15.4 Å². The van der Waals surface area contributed by atoms with Gasteiger partial charge in [0, 0.05) is 13.2 Å². The maximum Gasteiger partial charge on any atom is 0.273 e. The number of aromatic amines is 1. The van der Waals surface area contributed by atoms with Gasteiger partial charge in [-0.05, 0) is 19.3 Å². The van der Waals surface area contributed by atoms with Crippen LogP contribution in [-0.4, -0.2) is 40.6 Å². The quantitative estimate of drug-likeness (QED) is 0.741. The zero-order valence-electron chi connectivity index (χ0n) is 8.40. The Balaban J connectivity index is 1.75. The van der Waals surface area contributed by atoms with Crippen molar-refractivity contribution in [1.29, 1.82) is 0 Å². The van der Waals surface area contributed by atoms with Crippen LogP contribution < -0.4 is 5.32 Å². The van der Waals surface area contributed by atoms with Gasteiger partial charge in [-0.1, -0.05) is 0 Å². The number of H-pyrrole nitrogens is 1. The average Bonchev–Trinajstić information content (AvgIpc) is 2.81. The van der Waals surface area contributed by atoms with E-state index in [9.17, 15) is 4.79 Å². The summed E-state index contributed by atoms with van der Waals surface area (Å²) in [4.78, 5) is 11.5. The second-order valence-electron chi connectivity index (χ2n) is 3.55. The molecule has 0 saturated carbocycles. The molecule has 0 bridgehead atoms. The molecule has 2 heterocycles. The zero-order valence-corrected chi connectivity index (χ0v) is 8.40. The van der Waals surface area contributed by atoms with Crippen molar-refractivity contribution in [3.8, 4) is 0 Å². The second kappa shape index (κ2) is 4.88. The van der Waals surface area contributed by atoms with E-state index in [1.54, 1.807) is 0 Å². The smallest absolute Gasteiger partial charge is 0.273 e. The van der Waals surface area contributed by atoms with Crippen molar-refractivity contribution in [2.45, 2.75) is 25.4 Å². The largest absolute Gasteiger partial charge is 0.376 e. The molecule has 6 nitrogen and oxygen atoms in total. The van der Waals surface area contributed by atoms with Crippen molar-refractivity contribution in [3.63, 3.8) is 0 Å². The lowest BCUT2D eigenvalue weighted by atomic mass is 10.1. The van der Waals surface area contributed by atoms with E-state index < -0.39 is 0 Å². The molecular weight excluding hydrogens is 196 g/mol. The number of hydrogen-bond donors (Lipinski definition) is 2. The number of nitrogens with one attached hydrogen (secondary N) is 2. The van der Waals surface area contributed by atoms with Crippen LogP contribution in [0.25, 0.3) is 0 Å². The molecule has 2 N–H and O–H groups in total. The maximum atomic E-state index is 11.5. The van der Waals surface area contributed by atoms with E-state index in [0.29, 0.717) is 12.2 Å². The zero-order chi connectivity index (χ0) is 10.5. The summed E-state index contributed by atoms with van der Waals surface area (Å²) in [6, 6.07) is 0. The van der Waals surface area contributed by atoms with Crippen LogP contribution in [0, 0.1) is 0 Å². The highest BCUT2D eigenvalue weighted by atomic mass is 16.5. The van der Waals surface area contributed by atoms with Crippen LogP contribution in [0.4, 0.5) is 0 Å². The van der Waals surface area contributed by atoms with Crippen LogP contribution in [0.5, 0.6) is 0 Å². The lowest BCUT2D eigenvalue weighted by Crippen LogP contribution is -2.35. The van der Waals surface area contributed by atoms with Gasteiger partial charge in [0.1, 0.15) is 0 Å². The molecule has 1 aromatic rings. The van der Waals surface area contributed by atoms with E-state index in [1.165, 1.54) is 12.6 Å². The molecular formula is C9H14N4O2. The molecule has 2 rings (SSSR count). The van der Waals surface area contributed by atoms with Gasteiger partial charge in [0.25, 0.3) is 5.91 Å². The number of rotatable bonds is 3. The van der Waals surface area contributed by atoms with Gasteiger partial charge < -0.3 is 10.1 Å². The molecule has 1 fully saturated rings. The summed E-state index contributed by atoms with van der Waals surface area (Å²) < 4.78 is 5.49. The Hall–Kier alpha value is -1.43. The summed E-state index contributed by atoms with van der Waals surface area (Å²) in [6.07, 6.45) is 4.85. The average molecular weight is 210 g/mol. The molecule has 1 saturated heterocycles. The van der Waals surface area contributed by atoms with Gasteiger partial charge in [-0.15, -0.1) is 0 Å². The van der Waals surface area contributed by atoms with Crippen LogP contribution in [0.2, 0.25) is 0 Å². The van der Waals surface area contributed by atoms with Gasteiger partial charge in [0.05, 0.1) is 12.3 Å². The number of carbonyl (C=O) groups excluding carboxylic acids is 1. The maximum absolute atomic E-state index is 11.5. The first-order valence-electron chi connectivity index (χ1n) is 5.12. The third kappa shape index (κ3) is 2.76. The van der Waals surface area contributed by atoms with E-state index in [2.05, 4.69) is 20.7 Å². The minimum atomic E-state index is -0.210. The van der Waals surface area contributed by atoms with Crippen LogP contribution in [0.3, 0.4) is 0 Å². The third-order valence-electron chi connectivity index (χ3n) is 2.41. The number of ether oxygens (including phenoxy) is 1. The molecule has 0 radical (unpaired) electrons. The number of hydrogen-bond acceptors (Lipinski definition) is 4. The normalized spacial score (nSPS) is 21.2. The summed E-state index contributed by atoms with van der Waals surface area (Å²) >= 11 is 0. The highest BCUT2D eigenvalue weighted by molar-refractivity contribution is 5.91. The van der Waals surface area contributed by atoms with E-state index in [-0.39, 0.29) is 12.0 Å². The molecule has 82 valence electrons. The van der Waals surface area contributed by atoms with Crippen LogP contribution in [0.1, 0.15) is 29.8 Å². The van der Waals surface area contributed by atoms with Gasteiger partial charge in [0.2, 0.25) is 0 Å². The second-order valence-corrected chi connectivity index (χ2v) is 3.55. The highest BCUT2D eigenvalue weighted by Crippen LogP contribution is 2.11. The van der Waals surface area contributed by atoms with Crippen molar-refractivity contribution in [2.24, 2.45) is 0 Å². The van der Waals surface area contributed by atoms with Crippen LogP contribution in [0.15, 0.2) is 6.20 Å². The fourth-order valence-corrected chi connectivity index (χ4v) is 1.58. The molecule has 6 heteroatoms. The predicted molar refractivity (Wildman–Crippen MR) is 52.3 cm³/mol. The van der Waals surface area contributed by atoms with Crippen molar-refractivity contribution in [2.75, 3.05) is 13.2 Å². The number of nitrogens with zero attached hydrogens (tertiary/aromatic N) is 2. The highest BCUT2D eigenvalue weighted by Gasteiger charge is 2.15. The fourth-order valence-electron chi connectivity index (χ4n) is 1.58. The molecule has 1 unspecified atom stereocenters.